The number of nitrogens with one attached hydrogen (secondary N) is 2. The third-order valence-corrected chi connectivity index (χ3v) is 6.26. The Morgan fingerprint density at radius 1 is 1.27 bits per heavy atom. The van der Waals surface area contributed by atoms with E-state index in [1.165, 1.54) is 0 Å². The quantitative estimate of drug-likeness (QED) is 0.721. The fourth-order valence-electron chi connectivity index (χ4n) is 4.16. The minimum Gasteiger partial charge on any atom is -0.381 e. The third-order valence-electron chi connectivity index (χ3n) is 5.95. The molecule has 0 aliphatic carbocycles. The molecule has 2 N–H and O–H groups in total. The summed E-state index contributed by atoms with van der Waals surface area (Å²) < 4.78 is 5.43. The number of rotatable bonds is 6. The maximum atomic E-state index is 13.2. The van der Waals surface area contributed by atoms with Crippen molar-refractivity contribution in [2.75, 3.05) is 19.8 Å². The van der Waals surface area contributed by atoms with Crippen molar-refractivity contribution in [2.24, 2.45) is 11.8 Å². The van der Waals surface area contributed by atoms with E-state index in [0.29, 0.717) is 24.8 Å². The van der Waals surface area contributed by atoms with Gasteiger partial charge in [0.05, 0.1) is 12.0 Å². The molecule has 0 bridgehead atoms. The van der Waals surface area contributed by atoms with E-state index in [-0.39, 0.29) is 41.8 Å². The van der Waals surface area contributed by atoms with Crippen molar-refractivity contribution in [1.29, 1.82) is 0 Å². The Balaban J connectivity index is 1.74. The molecule has 2 aliphatic heterocycles. The molecule has 7 heteroatoms. The standard InChI is InChI=1S/C23H31ClN2O4/c1-23(2,3)17-5-4-14(10-18(17)24)11-19(27)21(15-6-8-30-9-7-15)26-22(29)16-12-20(28)25-13-16/h4-5,10,15-16,21H,6-9,11-13H2,1-3H3,(H,25,28)(H,26,29)/t16-,21+/m0/s1. The number of Topliss-reactive ketones (excluding diaryl/α,β-unsaturated/α-hetero) is 1. The fraction of sp³-hybridized carbons (Fsp3) is 0.609. The summed E-state index contributed by atoms with van der Waals surface area (Å²) in [4.78, 5) is 37.4. The lowest BCUT2D eigenvalue weighted by Gasteiger charge is -2.31. The zero-order chi connectivity index (χ0) is 21.9. The lowest BCUT2D eigenvalue weighted by Crippen LogP contribution is -2.50. The largest absolute Gasteiger partial charge is 0.381 e. The minimum atomic E-state index is -0.585. The molecule has 0 radical (unpaired) electrons. The molecule has 3 rings (SSSR count). The highest BCUT2D eigenvalue weighted by atomic mass is 35.5. The maximum absolute atomic E-state index is 13.2. The van der Waals surface area contributed by atoms with Crippen LogP contribution in [0.3, 0.4) is 0 Å². The molecule has 1 aromatic carbocycles. The molecule has 2 heterocycles. The van der Waals surface area contributed by atoms with Gasteiger partial charge in [-0.05, 0) is 41.4 Å². The highest BCUT2D eigenvalue weighted by Crippen LogP contribution is 2.30. The second-order valence-corrected chi connectivity index (χ2v) is 9.76. The number of hydrogen-bond acceptors (Lipinski definition) is 4. The zero-order valence-electron chi connectivity index (χ0n) is 17.9. The summed E-state index contributed by atoms with van der Waals surface area (Å²) in [5.41, 5.74) is 1.79. The number of halogens is 1. The average Bonchev–Trinajstić information content (AvgIpc) is 3.12. The Bertz CT molecular complexity index is 812. The predicted octanol–water partition coefficient (Wildman–Crippen LogP) is 2.80. The Labute approximate surface area is 183 Å². The van der Waals surface area contributed by atoms with Crippen LogP contribution in [0.5, 0.6) is 0 Å². The minimum absolute atomic E-state index is 0.0320. The first kappa shape index (κ1) is 22.8. The van der Waals surface area contributed by atoms with Gasteiger partial charge in [0, 0.05) is 37.6 Å². The second-order valence-electron chi connectivity index (χ2n) is 9.35. The average molecular weight is 435 g/mol. The van der Waals surface area contributed by atoms with Gasteiger partial charge in [-0.3, -0.25) is 14.4 Å². The van der Waals surface area contributed by atoms with E-state index < -0.39 is 12.0 Å². The lowest BCUT2D eigenvalue weighted by atomic mass is 9.84. The number of hydrogen-bond donors (Lipinski definition) is 2. The molecule has 0 saturated carbocycles. The molecular weight excluding hydrogens is 404 g/mol. The summed E-state index contributed by atoms with van der Waals surface area (Å²) in [5.74, 6) is -0.790. The highest BCUT2D eigenvalue weighted by molar-refractivity contribution is 6.31. The number of benzene rings is 1. The molecule has 2 fully saturated rings. The van der Waals surface area contributed by atoms with Gasteiger partial charge in [-0.15, -0.1) is 0 Å². The number of ketones is 1. The molecule has 2 atom stereocenters. The molecule has 2 amide bonds. The first-order valence-electron chi connectivity index (χ1n) is 10.6. The molecule has 6 nitrogen and oxygen atoms in total. The fourth-order valence-corrected chi connectivity index (χ4v) is 4.65. The Morgan fingerprint density at radius 3 is 2.53 bits per heavy atom. The van der Waals surface area contributed by atoms with Crippen molar-refractivity contribution in [3.05, 3.63) is 34.3 Å². The van der Waals surface area contributed by atoms with Gasteiger partial charge in [0.2, 0.25) is 11.8 Å². The van der Waals surface area contributed by atoms with Crippen molar-refractivity contribution in [3.63, 3.8) is 0 Å². The number of carbonyl (C=O) groups is 3. The van der Waals surface area contributed by atoms with Crippen molar-refractivity contribution in [3.8, 4) is 0 Å². The first-order chi connectivity index (χ1) is 14.1. The van der Waals surface area contributed by atoms with Gasteiger partial charge in [0.25, 0.3) is 0 Å². The Hall–Kier alpha value is -1.92. The van der Waals surface area contributed by atoms with Crippen molar-refractivity contribution in [2.45, 2.75) is 57.9 Å². The van der Waals surface area contributed by atoms with E-state index in [0.717, 1.165) is 24.0 Å². The molecular formula is C23H31ClN2O4. The molecule has 164 valence electrons. The maximum Gasteiger partial charge on any atom is 0.226 e. The Morgan fingerprint density at radius 2 is 1.97 bits per heavy atom. The van der Waals surface area contributed by atoms with Gasteiger partial charge in [-0.25, -0.2) is 0 Å². The monoisotopic (exact) mass is 434 g/mol. The van der Waals surface area contributed by atoms with Gasteiger partial charge >= 0.3 is 0 Å². The molecule has 0 unspecified atom stereocenters. The van der Waals surface area contributed by atoms with E-state index in [4.69, 9.17) is 16.3 Å². The van der Waals surface area contributed by atoms with Crippen LogP contribution in [0.25, 0.3) is 0 Å². The van der Waals surface area contributed by atoms with Crippen LogP contribution < -0.4 is 10.6 Å². The normalized spacial score (nSPS) is 21.2. The van der Waals surface area contributed by atoms with Crippen molar-refractivity contribution < 1.29 is 19.1 Å². The van der Waals surface area contributed by atoms with E-state index in [1.54, 1.807) is 0 Å². The van der Waals surface area contributed by atoms with Crippen LogP contribution in [0.15, 0.2) is 18.2 Å². The molecule has 2 saturated heterocycles. The number of carbonyl (C=O) groups excluding carboxylic acids is 3. The van der Waals surface area contributed by atoms with Crippen LogP contribution in [-0.2, 0) is 31.0 Å². The van der Waals surface area contributed by atoms with Gasteiger partial charge < -0.3 is 15.4 Å². The summed E-state index contributed by atoms with van der Waals surface area (Å²) in [6.07, 6.45) is 1.82. The van der Waals surface area contributed by atoms with Gasteiger partial charge in [0.1, 0.15) is 0 Å². The van der Waals surface area contributed by atoms with Crippen molar-refractivity contribution >= 4 is 29.2 Å². The highest BCUT2D eigenvalue weighted by Gasteiger charge is 2.35. The summed E-state index contributed by atoms with van der Waals surface area (Å²) in [7, 11) is 0. The topological polar surface area (TPSA) is 84.5 Å². The van der Waals surface area contributed by atoms with E-state index >= 15 is 0 Å². The summed E-state index contributed by atoms with van der Waals surface area (Å²) in [6, 6.07) is 5.18. The predicted molar refractivity (Wildman–Crippen MR) is 115 cm³/mol. The van der Waals surface area contributed by atoms with Crippen LogP contribution in [-0.4, -0.2) is 43.4 Å². The summed E-state index contributed by atoms with van der Waals surface area (Å²) >= 11 is 6.47. The van der Waals surface area contributed by atoms with E-state index in [2.05, 4.69) is 31.4 Å². The Kier molecular flexibility index (Phi) is 7.19. The van der Waals surface area contributed by atoms with Gasteiger partial charge in [-0.1, -0.05) is 44.5 Å². The number of amides is 2. The molecule has 30 heavy (non-hydrogen) atoms. The summed E-state index contributed by atoms with van der Waals surface area (Å²) in [5, 5.41) is 6.27. The molecule has 0 spiro atoms. The molecule has 2 aliphatic rings. The van der Waals surface area contributed by atoms with E-state index in [1.807, 2.05) is 18.2 Å². The smallest absolute Gasteiger partial charge is 0.226 e. The molecule has 1 aromatic rings. The van der Waals surface area contributed by atoms with Crippen LogP contribution in [0.1, 0.15) is 51.2 Å². The van der Waals surface area contributed by atoms with Crippen molar-refractivity contribution in [1.82, 2.24) is 10.6 Å². The summed E-state index contributed by atoms with van der Waals surface area (Å²) in [6.45, 7) is 7.78. The van der Waals surface area contributed by atoms with Crippen LogP contribution >= 0.6 is 11.6 Å². The van der Waals surface area contributed by atoms with Gasteiger partial charge in [-0.2, -0.15) is 0 Å². The lowest BCUT2D eigenvalue weighted by molar-refractivity contribution is -0.132. The first-order valence-corrected chi connectivity index (χ1v) is 11.0. The number of ether oxygens (including phenoxy) is 1. The SMILES string of the molecule is CC(C)(C)c1ccc(CC(=O)[C@H](NC(=O)[C@@H]2CNC(=O)C2)C2CCOCC2)cc1Cl. The third kappa shape index (κ3) is 5.61. The zero-order valence-corrected chi connectivity index (χ0v) is 18.7. The second kappa shape index (κ2) is 9.48. The molecule has 0 aromatic heterocycles. The van der Waals surface area contributed by atoms with E-state index in [9.17, 15) is 14.4 Å². The van der Waals surface area contributed by atoms with Crippen LogP contribution in [0.4, 0.5) is 0 Å². The van der Waals surface area contributed by atoms with Gasteiger partial charge in [0.15, 0.2) is 5.78 Å². The van der Waals surface area contributed by atoms with Crippen LogP contribution in [0, 0.1) is 11.8 Å². The van der Waals surface area contributed by atoms with Crippen LogP contribution in [0.2, 0.25) is 5.02 Å².